The molecule has 0 spiro atoms. The zero-order valence-electron chi connectivity index (χ0n) is 13.7. The number of aromatic nitrogens is 3. The normalized spacial score (nSPS) is 28.4. The van der Waals surface area contributed by atoms with E-state index >= 15 is 0 Å². The van der Waals surface area contributed by atoms with Crippen LogP contribution in [0.5, 0.6) is 0 Å². The third-order valence-electron chi connectivity index (χ3n) is 5.54. The van der Waals surface area contributed by atoms with Crippen molar-refractivity contribution in [2.75, 3.05) is 17.2 Å². The molecule has 6 heteroatoms. The minimum atomic E-state index is -0.109. The lowest BCUT2D eigenvalue weighted by Gasteiger charge is -2.36. The smallest absolute Gasteiger partial charge is 0.230 e. The maximum absolute atomic E-state index is 9.53. The van der Waals surface area contributed by atoms with Crippen molar-refractivity contribution in [2.45, 2.75) is 75.9 Å². The van der Waals surface area contributed by atoms with Gasteiger partial charge in [-0.3, -0.25) is 0 Å². The van der Waals surface area contributed by atoms with Crippen LogP contribution in [0.1, 0.15) is 69.5 Å². The van der Waals surface area contributed by atoms with Crippen molar-refractivity contribution >= 4 is 11.9 Å². The van der Waals surface area contributed by atoms with E-state index in [9.17, 15) is 5.11 Å². The molecule has 3 fully saturated rings. The second-order valence-corrected chi connectivity index (χ2v) is 7.56. The summed E-state index contributed by atoms with van der Waals surface area (Å²) in [5.41, 5.74) is 5.99. The summed E-state index contributed by atoms with van der Waals surface area (Å²) in [6.07, 6.45) is 10.3. The molecule has 0 unspecified atom stereocenters. The first-order valence-electron chi connectivity index (χ1n) is 9.15. The average Bonchev–Trinajstić information content (AvgIpc) is 3.35. The zero-order chi connectivity index (χ0) is 15.8. The Morgan fingerprint density at radius 2 is 1.74 bits per heavy atom. The number of rotatable bonds is 5. The van der Waals surface area contributed by atoms with Gasteiger partial charge in [0.25, 0.3) is 0 Å². The number of aliphatic hydroxyl groups excluding tert-OH is 1. The van der Waals surface area contributed by atoms with E-state index in [1.807, 2.05) is 0 Å². The maximum atomic E-state index is 9.53. The molecule has 0 aromatic carbocycles. The van der Waals surface area contributed by atoms with E-state index < -0.39 is 0 Å². The molecule has 0 aliphatic heterocycles. The predicted molar refractivity (Wildman–Crippen MR) is 89.2 cm³/mol. The number of hydrogen-bond acceptors (Lipinski definition) is 6. The molecule has 0 radical (unpaired) electrons. The van der Waals surface area contributed by atoms with Gasteiger partial charge in [0.15, 0.2) is 0 Å². The highest BCUT2D eigenvalue weighted by atomic mass is 16.3. The van der Waals surface area contributed by atoms with Gasteiger partial charge in [-0.15, -0.1) is 0 Å². The van der Waals surface area contributed by atoms with Crippen LogP contribution in [0.25, 0.3) is 0 Å². The Balaban J connectivity index is 1.54. The van der Waals surface area contributed by atoms with Crippen LogP contribution < -0.4 is 10.6 Å². The summed E-state index contributed by atoms with van der Waals surface area (Å²) in [5, 5.41) is 9.53. The molecule has 6 nitrogen and oxygen atoms in total. The minimum Gasteiger partial charge on any atom is -0.393 e. The summed E-state index contributed by atoms with van der Waals surface area (Å²) in [6.45, 7) is 0.940. The fourth-order valence-electron chi connectivity index (χ4n) is 3.98. The van der Waals surface area contributed by atoms with Gasteiger partial charge < -0.3 is 15.7 Å². The lowest BCUT2D eigenvalue weighted by atomic mass is 9.82. The van der Waals surface area contributed by atoms with Crippen LogP contribution in [0.15, 0.2) is 0 Å². The molecule has 3 N–H and O–H groups in total. The van der Waals surface area contributed by atoms with Crippen molar-refractivity contribution in [3.05, 3.63) is 5.82 Å². The Morgan fingerprint density at radius 3 is 2.39 bits per heavy atom. The summed E-state index contributed by atoms with van der Waals surface area (Å²) < 4.78 is 0. The van der Waals surface area contributed by atoms with Crippen LogP contribution in [-0.4, -0.2) is 38.7 Å². The summed E-state index contributed by atoms with van der Waals surface area (Å²) >= 11 is 0. The third kappa shape index (κ3) is 3.42. The molecule has 4 rings (SSSR count). The molecule has 0 atom stereocenters. The van der Waals surface area contributed by atoms with Gasteiger partial charge >= 0.3 is 0 Å². The molecule has 3 aliphatic carbocycles. The highest BCUT2D eigenvalue weighted by Crippen LogP contribution is 2.36. The lowest BCUT2D eigenvalue weighted by Crippen LogP contribution is -2.40. The molecule has 1 aromatic rings. The first kappa shape index (κ1) is 15.1. The summed E-state index contributed by atoms with van der Waals surface area (Å²) in [6, 6.07) is 0.550. The standard InChI is InChI=1S/C17H27N5O/c18-16-19-15(12-4-2-1-3-5-12)20-17(21-16)22(13-6-7-13)10-11-8-14(23)9-11/h11-14,23H,1-10H2,(H2,18,19,20,21). The largest absolute Gasteiger partial charge is 0.393 e. The van der Waals surface area contributed by atoms with Crippen molar-refractivity contribution in [3.8, 4) is 0 Å². The lowest BCUT2D eigenvalue weighted by molar-refractivity contribution is 0.0457. The monoisotopic (exact) mass is 317 g/mol. The summed E-state index contributed by atoms with van der Waals surface area (Å²) in [7, 11) is 0. The van der Waals surface area contributed by atoms with Gasteiger partial charge in [0.2, 0.25) is 11.9 Å². The average molecular weight is 317 g/mol. The van der Waals surface area contributed by atoms with Gasteiger partial charge in [0.05, 0.1) is 6.10 Å². The van der Waals surface area contributed by atoms with Crippen molar-refractivity contribution < 1.29 is 5.11 Å². The van der Waals surface area contributed by atoms with Crippen molar-refractivity contribution in [1.82, 2.24) is 15.0 Å². The van der Waals surface area contributed by atoms with Gasteiger partial charge in [-0.05, 0) is 44.4 Å². The predicted octanol–water partition coefficient (Wildman–Crippen LogP) is 2.24. The number of aliphatic hydroxyl groups is 1. The Bertz CT molecular complexity index is 550. The van der Waals surface area contributed by atoms with E-state index in [0.29, 0.717) is 23.8 Å². The minimum absolute atomic E-state index is 0.109. The van der Waals surface area contributed by atoms with Crippen LogP contribution in [-0.2, 0) is 0 Å². The van der Waals surface area contributed by atoms with Crippen LogP contribution >= 0.6 is 0 Å². The van der Waals surface area contributed by atoms with E-state index in [1.54, 1.807) is 0 Å². The fourth-order valence-corrected chi connectivity index (χ4v) is 3.98. The molecule has 0 bridgehead atoms. The molecular weight excluding hydrogens is 290 g/mol. The first-order chi connectivity index (χ1) is 11.2. The molecule has 23 heavy (non-hydrogen) atoms. The quantitative estimate of drug-likeness (QED) is 0.866. The molecule has 3 saturated carbocycles. The van der Waals surface area contributed by atoms with E-state index in [4.69, 9.17) is 10.7 Å². The van der Waals surface area contributed by atoms with Crippen molar-refractivity contribution in [1.29, 1.82) is 0 Å². The SMILES string of the molecule is Nc1nc(C2CCCCC2)nc(N(CC2CC(O)C2)C2CC2)n1. The van der Waals surface area contributed by atoms with Gasteiger partial charge in [-0.1, -0.05) is 19.3 Å². The molecule has 126 valence electrons. The zero-order valence-corrected chi connectivity index (χ0v) is 13.7. The summed E-state index contributed by atoms with van der Waals surface area (Å²) in [4.78, 5) is 16.0. The molecule has 1 aromatic heterocycles. The topological polar surface area (TPSA) is 88.2 Å². The Morgan fingerprint density at radius 1 is 1.00 bits per heavy atom. The molecular formula is C17H27N5O. The Kier molecular flexibility index (Phi) is 4.09. The molecule has 0 saturated heterocycles. The fraction of sp³-hybridized carbons (Fsp3) is 0.824. The van der Waals surface area contributed by atoms with Gasteiger partial charge in [0.1, 0.15) is 5.82 Å². The van der Waals surface area contributed by atoms with Crippen LogP contribution in [0.4, 0.5) is 11.9 Å². The number of hydrogen-bond donors (Lipinski definition) is 2. The van der Waals surface area contributed by atoms with Gasteiger partial charge in [-0.2, -0.15) is 15.0 Å². The summed E-state index contributed by atoms with van der Waals surface area (Å²) in [5.74, 6) is 3.02. The third-order valence-corrected chi connectivity index (χ3v) is 5.54. The van der Waals surface area contributed by atoms with Crippen molar-refractivity contribution in [3.63, 3.8) is 0 Å². The molecule has 0 amide bonds. The van der Waals surface area contributed by atoms with Gasteiger partial charge in [0, 0.05) is 18.5 Å². The molecule has 3 aliphatic rings. The van der Waals surface area contributed by atoms with Crippen LogP contribution in [0.3, 0.4) is 0 Å². The highest BCUT2D eigenvalue weighted by Gasteiger charge is 2.36. The maximum Gasteiger partial charge on any atom is 0.230 e. The number of nitrogens with zero attached hydrogens (tertiary/aromatic N) is 4. The van der Waals surface area contributed by atoms with Crippen LogP contribution in [0, 0.1) is 5.92 Å². The number of nitrogens with two attached hydrogens (primary N) is 1. The first-order valence-corrected chi connectivity index (χ1v) is 9.15. The van der Waals surface area contributed by atoms with Gasteiger partial charge in [-0.25, -0.2) is 0 Å². The molecule has 1 heterocycles. The van der Waals surface area contributed by atoms with Crippen LogP contribution in [0.2, 0.25) is 0 Å². The second kappa shape index (κ2) is 6.23. The Hall–Kier alpha value is -1.43. The second-order valence-electron chi connectivity index (χ2n) is 7.56. The van der Waals surface area contributed by atoms with E-state index in [2.05, 4.69) is 14.9 Å². The van der Waals surface area contributed by atoms with E-state index in [1.165, 1.54) is 44.9 Å². The number of anilines is 2. The number of nitrogen functional groups attached to an aromatic ring is 1. The van der Waals surface area contributed by atoms with E-state index in [-0.39, 0.29) is 6.10 Å². The highest BCUT2D eigenvalue weighted by molar-refractivity contribution is 5.38. The van der Waals surface area contributed by atoms with Crippen molar-refractivity contribution in [2.24, 2.45) is 5.92 Å². The Labute approximate surface area is 137 Å². The van der Waals surface area contributed by atoms with E-state index in [0.717, 1.165) is 31.2 Å².